The predicted octanol–water partition coefficient (Wildman–Crippen LogP) is 7.85. The van der Waals surface area contributed by atoms with Crippen molar-refractivity contribution >= 4 is 29.5 Å². The lowest BCUT2D eigenvalue weighted by Crippen LogP contribution is -2.43. The zero-order valence-electron chi connectivity index (χ0n) is 36.4. The SMILES string of the molecule is CCCCCCCC[C@H]1CN(C(=O)c2ccc(C(=O)N3C[C@@H](C(=O)NC4C[C@@H]4c4ccccc4)[C@H](C(=O)N[C@H]4C[C@@H]4c4ccccc4)C3)cc2)C[C@H]1C(=O)NCCCCCC. The Balaban J connectivity index is 0.981. The lowest BCUT2D eigenvalue weighted by Gasteiger charge is -2.18. The fourth-order valence-corrected chi connectivity index (χ4v) is 9.76. The van der Waals surface area contributed by atoms with Crippen LogP contribution in [0.2, 0.25) is 0 Å². The van der Waals surface area contributed by atoms with Crippen LogP contribution in [0.15, 0.2) is 84.9 Å². The number of carbonyl (C=O) groups excluding carboxylic acids is 5. The average Bonchev–Trinajstić information content (AvgIpc) is 4.14. The monoisotopic (exact) mass is 830 g/mol. The van der Waals surface area contributed by atoms with Gasteiger partial charge in [0, 0.05) is 67.8 Å². The van der Waals surface area contributed by atoms with Crippen molar-refractivity contribution in [1.82, 2.24) is 25.8 Å². The molecular formula is C51H67N5O5. The van der Waals surface area contributed by atoms with E-state index < -0.39 is 11.8 Å². The van der Waals surface area contributed by atoms with Gasteiger partial charge in [-0.05, 0) is 67.0 Å². The Morgan fingerprint density at radius 3 is 1.46 bits per heavy atom. The first-order chi connectivity index (χ1) is 29.7. The van der Waals surface area contributed by atoms with Crippen LogP contribution in [0.1, 0.15) is 141 Å². The summed E-state index contributed by atoms with van der Waals surface area (Å²) >= 11 is 0. The van der Waals surface area contributed by atoms with E-state index in [0.29, 0.717) is 30.8 Å². The molecule has 7 rings (SSSR count). The van der Waals surface area contributed by atoms with E-state index in [0.717, 1.165) is 57.8 Å². The van der Waals surface area contributed by atoms with Gasteiger partial charge >= 0.3 is 0 Å². The molecule has 0 bridgehead atoms. The highest BCUT2D eigenvalue weighted by molar-refractivity contribution is 5.99. The van der Waals surface area contributed by atoms with Crippen LogP contribution in [0.3, 0.4) is 0 Å². The fourth-order valence-electron chi connectivity index (χ4n) is 9.76. The molecule has 5 amide bonds. The predicted molar refractivity (Wildman–Crippen MR) is 239 cm³/mol. The summed E-state index contributed by atoms with van der Waals surface area (Å²) in [4.78, 5) is 72.7. The van der Waals surface area contributed by atoms with Gasteiger partial charge in [-0.15, -0.1) is 0 Å². The van der Waals surface area contributed by atoms with E-state index in [1.54, 1.807) is 29.2 Å². The van der Waals surface area contributed by atoms with Gasteiger partial charge in [-0.1, -0.05) is 132 Å². The third-order valence-electron chi connectivity index (χ3n) is 13.7. The molecule has 2 heterocycles. The standard InChI is InChI=1S/C51H67N5O5/c1-3-5-7-9-10-13-23-39-31-55(32-42(39)47(57)52-28-18-8-6-4-2)50(60)37-24-26-38(27-25-37)51(61)56-33-43(48(58)53-45-29-40(45)35-19-14-11-15-20-35)44(34-56)49(59)54-46-30-41(46)36-21-16-12-17-22-36/h11-12,14-17,19-22,24-27,39-46H,3-10,13,18,23,28-34H2,1-2H3,(H,52,57)(H,53,58)(H,54,59)/t39-,40+,41+,42+,43+,44+,45-,46?/m0/s1. The molecule has 4 fully saturated rings. The highest BCUT2D eigenvalue weighted by atomic mass is 16.2. The minimum Gasteiger partial charge on any atom is -0.356 e. The molecule has 2 saturated carbocycles. The number of amides is 5. The molecule has 3 aromatic rings. The lowest BCUT2D eigenvalue weighted by molar-refractivity contribution is -0.133. The molecule has 2 aliphatic heterocycles. The maximum Gasteiger partial charge on any atom is 0.253 e. The number of likely N-dealkylation sites (tertiary alicyclic amines) is 2. The summed E-state index contributed by atoms with van der Waals surface area (Å²) in [5.41, 5.74) is 3.24. The lowest BCUT2D eigenvalue weighted by atomic mass is 9.90. The zero-order chi connectivity index (χ0) is 42.7. The minimum absolute atomic E-state index is 0.000912. The Morgan fingerprint density at radius 2 is 0.951 bits per heavy atom. The van der Waals surface area contributed by atoms with Crippen molar-refractivity contribution < 1.29 is 24.0 Å². The second-order valence-electron chi connectivity index (χ2n) is 18.2. The van der Waals surface area contributed by atoms with Crippen molar-refractivity contribution in [1.29, 1.82) is 0 Å². The van der Waals surface area contributed by atoms with Gasteiger partial charge in [-0.25, -0.2) is 0 Å². The van der Waals surface area contributed by atoms with Crippen molar-refractivity contribution in [2.45, 2.75) is 121 Å². The van der Waals surface area contributed by atoms with Gasteiger partial charge in [0.2, 0.25) is 17.7 Å². The first kappa shape index (κ1) is 44.1. The molecule has 3 aromatic carbocycles. The number of carbonyl (C=O) groups is 5. The number of benzene rings is 3. The van der Waals surface area contributed by atoms with Crippen LogP contribution in [0.4, 0.5) is 0 Å². The topological polar surface area (TPSA) is 128 Å². The van der Waals surface area contributed by atoms with Crippen molar-refractivity contribution in [2.75, 3.05) is 32.7 Å². The van der Waals surface area contributed by atoms with E-state index in [1.807, 2.05) is 41.3 Å². The van der Waals surface area contributed by atoms with Gasteiger partial charge in [-0.3, -0.25) is 24.0 Å². The molecule has 3 N–H and O–H groups in total. The molecule has 2 aliphatic carbocycles. The Morgan fingerprint density at radius 1 is 0.508 bits per heavy atom. The van der Waals surface area contributed by atoms with Gasteiger partial charge < -0.3 is 25.8 Å². The van der Waals surface area contributed by atoms with Gasteiger partial charge in [0.05, 0.1) is 17.8 Å². The summed E-state index contributed by atoms with van der Waals surface area (Å²) < 4.78 is 0. The number of unbranched alkanes of at least 4 members (excludes halogenated alkanes) is 8. The van der Waals surface area contributed by atoms with E-state index in [-0.39, 0.29) is 78.4 Å². The molecule has 0 aromatic heterocycles. The molecule has 1 unspecified atom stereocenters. The molecule has 2 saturated heterocycles. The molecule has 10 nitrogen and oxygen atoms in total. The number of hydrogen-bond donors (Lipinski definition) is 3. The summed E-state index contributed by atoms with van der Waals surface area (Å²) in [6.45, 7) is 6.26. The molecule has 4 aliphatic rings. The number of rotatable bonds is 21. The Labute approximate surface area is 363 Å². The maximum absolute atomic E-state index is 14.1. The first-order valence-corrected chi connectivity index (χ1v) is 23.4. The van der Waals surface area contributed by atoms with Crippen LogP contribution >= 0.6 is 0 Å². The second-order valence-corrected chi connectivity index (χ2v) is 18.2. The molecule has 61 heavy (non-hydrogen) atoms. The zero-order valence-corrected chi connectivity index (χ0v) is 36.4. The fraction of sp³-hybridized carbons (Fsp3) is 0.549. The van der Waals surface area contributed by atoms with Gasteiger partial charge in [0.1, 0.15) is 0 Å². The number of nitrogens with one attached hydrogen (secondary N) is 3. The normalized spacial score (nSPS) is 25.2. The first-order valence-electron chi connectivity index (χ1n) is 23.4. The second kappa shape index (κ2) is 21.2. The summed E-state index contributed by atoms with van der Waals surface area (Å²) in [6, 6.07) is 27.0. The molecule has 10 heteroatoms. The minimum atomic E-state index is -0.684. The molecule has 0 spiro atoms. The van der Waals surface area contributed by atoms with Crippen LogP contribution in [0, 0.1) is 23.7 Å². The van der Waals surface area contributed by atoms with Crippen LogP contribution in [-0.4, -0.2) is 84.1 Å². The quantitative estimate of drug-likeness (QED) is 0.0943. The average molecular weight is 830 g/mol. The van der Waals surface area contributed by atoms with Crippen LogP contribution in [0.5, 0.6) is 0 Å². The Hall–Kier alpha value is -4.99. The number of hydrogen-bond acceptors (Lipinski definition) is 5. The largest absolute Gasteiger partial charge is 0.356 e. The summed E-state index contributed by atoms with van der Waals surface area (Å²) in [5.74, 6) is -1.75. The van der Waals surface area contributed by atoms with Crippen molar-refractivity contribution in [3.05, 3.63) is 107 Å². The highest BCUT2D eigenvalue weighted by Gasteiger charge is 2.49. The van der Waals surface area contributed by atoms with Crippen molar-refractivity contribution in [2.24, 2.45) is 23.7 Å². The van der Waals surface area contributed by atoms with Gasteiger partial charge in [-0.2, -0.15) is 0 Å². The van der Waals surface area contributed by atoms with E-state index in [1.165, 1.54) is 36.8 Å². The van der Waals surface area contributed by atoms with Crippen LogP contribution in [0.25, 0.3) is 0 Å². The smallest absolute Gasteiger partial charge is 0.253 e. The van der Waals surface area contributed by atoms with Crippen molar-refractivity contribution in [3.63, 3.8) is 0 Å². The summed E-state index contributed by atoms with van der Waals surface area (Å²) in [6.07, 6.45) is 14.1. The summed E-state index contributed by atoms with van der Waals surface area (Å²) in [5, 5.41) is 9.58. The third-order valence-corrected chi connectivity index (χ3v) is 13.7. The Bertz CT molecular complexity index is 1860. The van der Waals surface area contributed by atoms with E-state index in [2.05, 4.69) is 54.1 Å². The third kappa shape index (κ3) is 11.5. The molecular weight excluding hydrogens is 763 g/mol. The van der Waals surface area contributed by atoms with Crippen LogP contribution < -0.4 is 16.0 Å². The molecule has 0 radical (unpaired) electrons. The van der Waals surface area contributed by atoms with Gasteiger partial charge in [0.25, 0.3) is 11.8 Å². The van der Waals surface area contributed by atoms with E-state index in [9.17, 15) is 24.0 Å². The molecule has 8 atom stereocenters. The van der Waals surface area contributed by atoms with E-state index in [4.69, 9.17) is 0 Å². The van der Waals surface area contributed by atoms with Crippen molar-refractivity contribution in [3.8, 4) is 0 Å². The highest BCUT2D eigenvalue weighted by Crippen LogP contribution is 2.43. The van der Waals surface area contributed by atoms with Crippen LogP contribution in [-0.2, 0) is 14.4 Å². The summed E-state index contributed by atoms with van der Waals surface area (Å²) in [7, 11) is 0. The number of nitrogens with zero attached hydrogens (tertiary/aromatic N) is 2. The van der Waals surface area contributed by atoms with Gasteiger partial charge in [0.15, 0.2) is 0 Å². The molecule has 326 valence electrons. The Kier molecular flexibility index (Phi) is 15.3. The maximum atomic E-state index is 14.1. The van der Waals surface area contributed by atoms with E-state index >= 15 is 0 Å².